The van der Waals surface area contributed by atoms with Crippen molar-refractivity contribution >= 4 is 22.9 Å². The molecule has 1 amide bonds. The Kier molecular flexibility index (Phi) is 5.16. The zero-order valence-electron chi connectivity index (χ0n) is 19.7. The number of benzene rings is 2. The minimum absolute atomic E-state index is 0.0138. The Morgan fingerprint density at radius 2 is 1.63 bits per heavy atom. The van der Waals surface area contributed by atoms with Gasteiger partial charge in [0.15, 0.2) is 0 Å². The zero-order chi connectivity index (χ0) is 24.2. The van der Waals surface area contributed by atoms with E-state index >= 15 is 0 Å². The van der Waals surface area contributed by atoms with Crippen LogP contribution in [-0.4, -0.2) is 28.9 Å². The van der Waals surface area contributed by atoms with Gasteiger partial charge in [-0.15, -0.1) is 0 Å². The molecule has 4 aliphatic rings. The summed E-state index contributed by atoms with van der Waals surface area (Å²) < 4.78 is 6.47. The highest BCUT2D eigenvalue weighted by Gasteiger charge is 2.54. The molecule has 180 valence electrons. The van der Waals surface area contributed by atoms with Crippen LogP contribution in [0, 0.1) is 23.2 Å². The van der Waals surface area contributed by atoms with Crippen LogP contribution in [0.5, 0.6) is 11.6 Å². The first kappa shape index (κ1) is 21.9. The molecule has 4 saturated carbocycles. The van der Waals surface area contributed by atoms with Crippen LogP contribution in [-0.2, 0) is 4.79 Å². The maximum Gasteiger partial charge on any atom is 0.265 e. The van der Waals surface area contributed by atoms with Crippen molar-refractivity contribution in [2.45, 2.75) is 38.5 Å². The number of hydrogen-bond donors (Lipinski definition) is 2. The van der Waals surface area contributed by atoms with Gasteiger partial charge in [-0.1, -0.05) is 18.2 Å². The summed E-state index contributed by atoms with van der Waals surface area (Å²) in [5.74, 6) is 2.40. The van der Waals surface area contributed by atoms with E-state index in [1.165, 1.54) is 30.0 Å². The van der Waals surface area contributed by atoms with E-state index in [1.807, 2.05) is 6.07 Å². The van der Waals surface area contributed by atoms with Crippen LogP contribution in [0.4, 0.5) is 0 Å². The number of pyridine rings is 1. The summed E-state index contributed by atoms with van der Waals surface area (Å²) in [6, 6.07) is 14.0. The second kappa shape index (κ2) is 8.26. The van der Waals surface area contributed by atoms with E-state index in [2.05, 4.69) is 10.5 Å². The normalized spacial score (nSPS) is 26.9. The summed E-state index contributed by atoms with van der Waals surface area (Å²) in [6.07, 6.45) is 8.12. The molecule has 0 radical (unpaired) electrons. The number of aromatic nitrogens is 1. The second-order valence-corrected chi connectivity index (χ2v) is 10.5. The van der Waals surface area contributed by atoms with Crippen LogP contribution >= 0.6 is 0 Å². The number of fused-ring (bicyclic) bond motifs is 1. The highest BCUT2D eigenvalue weighted by molar-refractivity contribution is 6.02. The van der Waals surface area contributed by atoms with Gasteiger partial charge in [0.05, 0.1) is 30.0 Å². The van der Waals surface area contributed by atoms with E-state index in [0.717, 1.165) is 19.3 Å². The predicted molar refractivity (Wildman–Crippen MR) is 134 cm³/mol. The molecule has 7 rings (SSSR count). The van der Waals surface area contributed by atoms with Crippen molar-refractivity contribution in [3.63, 3.8) is 0 Å². The van der Waals surface area contributed by atoms with Crippen molar-refractivity contribution in [3.05, 3.63) is 64.4 Å². The van der Waals surface area contributed by atoms with Crippen molar-refractivity contribution in [3.8, 4) is 17.3 Å². The number of carbonyl (C=O) groups is 1. The fourth-order valence-corrected chi connectivity index (χ4v) is 7.12. The molecule has 0 saturated heterocycles. The van der Waals surface area contributed by atoms with Gasteiger partial charge in [0, 0.05) is 10.8 Å². The van der Waals surface area contributed by atoms with Gasteiger partial charge in [0.1, 0.15) is 5.75 Å². The van der Waals surface area contributed by atoms with E-state index in [0.29, 0.717) is 45.5 Å². The molecule has 35 heavy (non-hydrogen) atoms. The van der Waals surface area contributed by atoms with Crippen molar-refractivity contribution in [1.82, 2.24) is 9.99 Å². The second-order valence-electron chi connectivity index (χ2n) is 10.5. The third-order valence-corrected chi connectivity index (χ3v) is 8.31. The van der Waals surface area contributed by atoms with E-state index in [4.69, 9.17) is 4.74 Å². The zero-order valence-corrected chi connectivity index (χ0v) is 19.7. The molecular formula is C28H29N3O4. The van der Waals surface area contributed by atoms with Crippen molar-refractivity contribution < 1.29 is 14.6 Å². The molecule has 4 fully saturated rings. The molecule has 3 aromatic rings. The first-order valence-corrected chi connectivity index (χ1v) is 12.3. The fraction of sp³-hybridized carbons (Fsp3) is 0.393. The van der Waals surface area contributed by atoms with Crippen LogP contribution < -0.4 is 15.7 Å². The topological polar surface area (TPSA) is 92.9 Å². The molecule has 0 atom stereocenters. The van der Waals surface area contributed by atoms with Gasteiger partial charge in [-0.3, -0.25) is 9.59 Å². The molecule has 7 nitrogen and oxygen atoms in total. The summed E-state index contributed by atoms with van der Waals surface area (Å²) in [4.78, 5) is 26.5. The summed E-state index contributed by atoms with van der Waals surface area (Å²) in [7, 11) is 1.57. The number of methoxy groups -OCH3 is 1. The molecule has 4 aliphatic carbocycles. The number of amides is 1. The van der Waals surface area contributed by atoms with Crippen molar-refractivity contribution in [1.29, 1.82) is 0 Å². The van der Waals surface area contributed by atoms with E-state index in [1.54, 1.807) is 49.6 Å². The SMILES string of the molecule is COc1ccc(-n2c(O)c(/C=N\NC(=O)C34CC5CC(CC(C5)C3)C4)c3ccccc3c2=O)cc1. The Morgan fingerprint density at radius 3 is 2.23 bits per heavy atom. The Bertz CT molecular complexity index is 1350. The van der Waals surface area contributed by atoms with Crippen LogP contribution in [0.2, 0.25) is 0 Å². The molecule has 7 heteroatoms. The molecule has 1 aromatic heterocycles. The number of carbonyl (C=O) groups excluding carboxylic acids is 1. The maximum atomic E-state index is 13.3. The largest absolute Gasteiger partial charge is 0.497 e. The number of hydrogen-bond acceptors (Lipinski definition) is 5. The molecule has 2 N–H and O–H groups in total. The summed E-state index contributed by atoms with van der Waals surface area (Å²) in [5.41, 5.74) is 3.02. The molecule has 0 unspecified atom stereocenters. The lowest BCUT2D eigenvalue weighted by atomic mass is 9.49. The number of hydrazone groups is 1. The van der Waals surface area contributed by atoms with Gasteiger partial charge in [0.2, 0.25) is 11.8 Å². The van der Waals surface area contributed by atoms with E-state index < -0.39 is 0 Å². The lowest BCUT2D eigenvalue weighted by Gasteiger charge is -2.55. The first-order valence-electron chi connectivity index (χ1n) is 12.3. The summed E-state index contributed by atoms with van der Waals surface area (Å²) in [6.45, 7) is 0. The highest BCUT2D eigenvalue weighted by Crippen LogP contribution is 2.60. The molecular weight excluding hydrogens is 442 g/mol. The van der Waals surface area contributed by atoms with Crippen LogP contribution in [0.25, 0.3) is 16.5 Å². The van der Waals surface area contributed by atoms with Gasteiger partial charge >= 0.3 is 0 Å². The van der Waals surface area contributed by atoms with Gasteiger partial charge in [-0.25, -0.2) is 9.99 Å². The molecule has 0 aliphatic heterocycles. The monoisotopic (exact) mass is 471 g/mol. The number of ether oxygens (including phenoxy) is 1. The lowest BCUT2D eigenvalue weighted by Crippen LogP contribution is -2.52. The average molecular weight is 472 g/mol. The number of nitrogens with one attached hydrogen (secondary N) is 1. The molecule has 1 heterocycles. The summed E-state index contributed by atoms with van der Waals surface area (Å²) in [5, 5.41) is 16.5. The van der Waals surface area contributed by atoms with Crippen molar-refractivity contribution in [2.24, 2.45) is 28.3 Å². The van der Waals surface area contributed by atoms with Gasteiger partial charge in [-0.05, 0) is 86.6 Å². The molecule has 4 bridgehead atoms. The minimum atomic E-state index is -0.335. The third kappa shape index (κ3) is 3.61. The van der Waals surface area contributed by atoms with Gasteiger partial charge in [-0.2, -0.15) is 5.10 Å². The Morgan fingerprint density at radius 1 is 1.03 bits per heavy atom. The number of rotatable bonds is 5. The van der Waals surface area contributed by atoms with Crippen LogP contribution in [0.15, 0.2) is 58.4 Å². The van der Waals surface area contributed by atoms with Gasteiger partial charge < -0.3 is 9.84 Å². The minimum Gasteiger partial charge on any atom is -0.497 e. The quantitative estimate of drug-likeness (QED) is 0.427. The average Bonchev–Trinajstić information content (AvgIpc) is 2.85. The standard InChI is InChI=1S/C28H29N3O4/c1-35-21-8-6-20(7-9-21)31-25(32)23-5-3-2-4-22(23)24(26(31)33)16-29-30-27(34)28-13-17-10-18(14-28)12-19(11-17)15-28/h2-9,16-19,33H,10-15H2,1H3,(H,30,34)/b29-16-. The Balaban J connectivity index is 1.35. The fourth-order valence-electron chi connectivity index (χ4n) is 7.12. The first-order chi connectivity index (χ1) is 17.0. The summed E-state index contributed by atoms with van der Waals surface area (Å²) >= 11 is 0. The molecule has 0 spiro atoms. The van der Waals surface area contributed by atoms with Crippen molar-refractivity contribution in [2.75, 3.05) is 7.11 Å². The maximum absolute atomic E-state index is 13.3. The number of aromatic hydroxyl groups is 1. The van der Waals surface area contributed by atoms with Gasteiger partial charge in [0.25, 0.3) is 5.56 Å². The van der Waals surface area contributed by atoms with E-state index in [-0.39, 0.29) is 22.8 Å². The molecule has 2 aromatic carbocycles. The highest BCUT2D eigenvalue weighted by atomic mass is 16.5. The van der Waals surface area contributed by atoms with E-state index in [9.17, 15) is 14.7 Å². The van der Waals surface area contributed by atoms with Crippen LogP contribution in [0.3, 0.4) is 0 Å². The lowest BCUT2D eigenvalue weighted by molar-refractivity contribution is -0.146. The van der Waals surface area contributed by atoms with Crippen LogP contribution in [0.1, 0.15) is 44.1 Å². The Labute approximate surface area is 203 Å². The third-order valence-electron chi connectivity index (χ3n) is 8.31. The predicted octanol–water partition coefficient (Wildman–Crippen LogP) is 4.37. The Hall–Kier alpha value is -3.61. The number of nitrogens with zero attached hydrogens (tertiary/aromatic N) is 2. The smallest absolute Gasteiger partial charge is 0.265 e.